The van der Waals surface area contributed by atoms with Gasteiger partial charge in [-0.05, 0) is 0 Å². The molecule has 0 amide bonds. The third-order valence-electron chi connectivity index (χ3n) is 9.96. The number of hydrogen-bond acceptors (Lipinski definition) is 24. The maximum absolute atomic E-state index is 13.5. The largest absolute Gasteiger partial charge is 0.472 e. The normalized spacial score (nSPS) is 32.1. The van der Waals surface area contributed by atoms with Crippen LogP contribution in [-0.2, 0) is 41.4 Å². The van der Waals surface area contributed by atoms with Crippen LogP contribution in [0.1, 0.15) is 18.7 Å². The zero-order valence-corrected chi connectivity index (χ0v) is 32.9. The molecule has 31 nitrogen and oxygen atoms in total. The summed E-state index contributed by atoms with van der Waals surface area (Å²) >= 11 is 0. The summed E-state index contributed by atoms with van der Waals surface area (Å²) in [5.41, 5.74) is 8.70. The Morgan fingerprint density at radius 2 is 1.27 bits per heavy atom. The number of hydrogen-bond donors (Lipinski definition) is 11. The Bertz CT molecular complexity index is 2750. The van der Waals surface area contributed by atoms with E-state index in [1.54, 1.807) is 0 Å². The Balaban J connectivity index is 0.993. The summed E-state index contributed by atoms with van der Waals surface area (Å²) in [4.78, 5) is 82.1. The number of phosphoric acid groups is 2. The number of aliphatic hydroxyl groups is 5. The number of rotatable bonds is 14. The van der Waals surface area contributed by atoms with E-state index in [2.05, 4.69) is 29.9 Å². The summed E-state index contributed by atoms with van der Waals surface area (Å²) < 4.78 is 67.5. The second-order valence-electron chi connectivity index (χ2n) is 13.9. The van der Waals surface area contributed by atoms with E-state index in [9.17, 15) is 58.8 Å². The molecule has 3 saturated heterocycles. The number of aromatic amines is 2. The molecule has 0 aliphatic carbocycles. The van der Waals surface area contributed by atoms with Gasteiger partial charge >= 0.3 is 21.3 Å². The molecule has 3 aliphatic heterocycles. The molecular formula is C29H36N12O19P2. The van der Waals surface area contributed by atoms with Crippen molar-refractivity contribution in [1.29, 1.82) is 0 Å². The Labute approximate surface area is 342 Å². The number of fused-ring (bicyclic) bond motifs is 2. The molecule has 5 aromatic heterocycles. The van der Waals surface area contributed by atoms with Crippen LogP contribution >= 0.6 is 15.6 Å². The minimum Gasteiger partial charge on any atom is -0.394 e. The van der Waals surface area contributed by atoms with E-state index >= 15 is 0 Å². The maximum Gasteiger partial charge on any atom is 0.472 e. The van der Waals surface area contributed by atoms with Crippen molar-refractivity contribution in [3.05, 3.63) is 62.4 Å². The third-order valence-corrected chi connectivity index (χ3v) is 11.9. The quantitative estimate of drug-likeness (QED) is 0.0464. The van der Waals surface area contributed by atoms with Gasteiger partial charge in [-0.25, -0.2) is 33.9 Å². The minimum absolute atomic E-state index is 0.0163. The molecule has 0 aromatic carbocycles. The fourth-order valence-corrected chi connectivity index (χ4v) is 8.98. The smallest absolute Gasteiger partial charge is 0.394 e. The number of H-pyrrole nitrogens is 2. The second-order valence-corrected chi connectivity index (χ2v) is 16.7. The molecule has 0 bridgehead atoms. The summed E-state index contributed by atoms with van der Waals surface area (Å²) in [5.74, 6) is -0.354. The predicted octanol–water partition coefficient (Wildman–Crippen LogP) is -5.19. The van der Waals surface area contributed by atoms with Crippen molar-refractivity contribution in [3.8, 4) is 0 Å². The van der Waals surface area contributed by atoms with Gasteiger partial charge in [0.15, 0.2) is 41.3 Å². The summed E-state index contributed by atoms with van der Waals surface area (Å²) in [5, 5.41) is 53.9. The van der Waals surface area contributed by atoms with Gasteiger partial charge < -0.3 is 61.0 Å². The summed E-state index contributed by atoms with van der Waals surface area (Å²) in [7, 11) is -10.8. The molecule has 62 heavy (non-hydrogen) atoms. The van der Waals surface area contributed by atoms with Crippen LogP contribution in [0.15, 0.2) is 45.6 Å². The summed E-state index contributed by atoms with van der Waals surface area (Å²) in [6.07, 6.45) is -16.4. The lowest BCUT2D eigenvalue weighted by Gasteiger charge is -2.25. The maximum atomic E-state index is 13.5. The van der Waals surface area contributed by atoms with Gasteiger partial charge in [-0.2, -0.15) is 4.98 Å². The lowest BCUT2D eigenvalue weighted by atomic mass is 10.1. The van der Waals surface area contributed by atoms with Gasteiger partial charge in [-0.1, -0.05) is 0 Å². The number of nitrogens with one attached hydrogen (secondary N) is 2. The van der Waals surface area contributed by atoms with Crippen LogP contribution in [0, 0.1) is 0 Å². The van der Waals surface area contributed by atoms with Crippen LogP contribution in [0.2, 0.25) is 0 Å². The van der Waals surface area contributed by atoms with Gasteiger partial charge in [0, 0.05) is 12.3 Å². The fourth-order valence-electron chi connectivity index (χ4n) is 7.05. The number of nitrogens with zero attached hydrogens (tertiary/aromatic N) is 8. The van der Waals surface area contributed by atoms with Crippen molar-refractivity contribution in [2.45, 2.75) is 73.6 Å². The molecule has 5 aromatic rings. The lowest BCUT2D eigenvalue weighted by Crippen LogP contribution is -2.39. The average Bonchev–Trinajstić information content (AvgIpc) is 4.02. The van der Waals surface area contributed by atoms with Crippen LogP contribution in [-0.4, -0.2) is 159 Å². The van der Waals surface area contributed by atoms with E-state index in [1.807, 2.05) is 4.98 Å². The number of anilines is 2. The average molecular weight is 919 g/mol. The first kappa shape index (κ1) is 43.7. The number of nitrogen functional groups attached to an aromatic ring is 2. The van der Waals surface area contributed by atoms with E-state index < -0.39 is 126 Å². The molecule has 0 saturated carbocycles. The highest BCUT2D eigenvalue weighted by molar-refractivity contribution is 7.47. The molecule has 0 radical (unpaired) electrons. The highest BCUT2D eigenvalue weighted by atomic mass is 31.2. The first-order valence-electron chi connectivity index (χ1n) is 17.9. The van der Waals surface area contributed by atoms with Gasteiger partial charge in [-0.3, -0.25) is 51.4 Å². The van der Waals surface area contributed by atoms with E-state index in [4.69, 9.17) is 43.8 Å². The van der Waals surface area contributed by atoms with Crippen LogP contribution in [0.3, 0.4) is 0 Å². The Hall–Kier alpha value is -4.92. The Morgan fingerprint density at radius 3 is 1.94 bits per heavy atom. The van der Waals surface area contributed by atoms with Gasteiger partial charge in [0.05, 0.1) is 32.5 Å². The molecule has 3 aliphatic rings. The van der Waals surface area contributed by atoms with Crippen molar-refractivity contribution in [2.24, 2.45) is 0 Å². The van der Waals surface area contributed by atoms with Gasteiger partial charge in [0.2, 0.25) is 5.95 Å². The third kappa shape index (κ3) is 8.21. The molecule has 8 rings (SSSR count). The van der Waals surface area contributed by atoms with Crippen molar-refractivity contribution >= 4 is 49.7 Å². The SMILES string of the molecule is Nc1nc2c(ncn2[C@@H]2O[C@H](COP(=O)(O)O[C@H]3[C@@H](O)[C@H](n4ccc(=O)[nH]c4=O)O[C@@H]3CO)[C@@H](OP(=O)(O)OC[C@H]3O[C@@H](n4cnc5c(N)ncnc54)[C@H](O)[C@@H]3O)[C@H]2O)c(=O)[nH]1. The molecule has 336 valence electrons. The molecule has 33 heteroatoms. The second kappa shape index (κ2) is 16.7. The van der Waals surface area contributed by atoms with Crippen LogP contribution in [0.4, 0.5) is 11.8 Å². The van der Waals surface area contributed by atoms with E-state index in [-0.39, 0.29) is 34.1 Å². The number of imidazole rings is 2. The Kier molecular flexibility index (Phi) is 11.7. The number of phosphoric ester groups is 2. The van der Waals surface area contributed by atoms with Crippen LogP contribution < -0.4 is 28.3 Å². The van der Waals surface area contributed by atoms with E-state index in [1.165, 1.54) is 10.9 Å². The van der Waals surface area contributed by atoms with Crippen LogP contribution in [0.5, 0.6) is 0 Å². The number of aromatic nitrogens is 10. The minimum atomic E-state index is -5.39. The van der Waals surface area contributed by atoms with Gasteiger partial charge in [0.1, 0.15) is 66.8 Å². The summed E-state index contributed by atoms with van der Waals surface area (Å²) in [6.45, 7) is -2.93. The molecule has 14 atom stereocenters. The van der Waals surface area contributed by atoms with Gasteiger partial charge in [0.25, 0.3) is 11.1 Å². The molecule has 0 spiro atoms. The van der Waals surface area contributed by atoms with E-state index in [0.717, 1.165) is 34.1 Å². The number of nitrogens with two attached hydrogens (primary N) is 2. The van der Waals surface area contributed by atoms with Gasteiger partial charge in [-0.15, -0.1) is 0 Å². The highest BCUT2D eigenvalue weighted by Crippen LogP contribution is 2.52. The monoisotopic (exact) mass is 918 g/mol. The topological polar surface area (TPSA) is 454 Å². The Morgan fingerprint density at radius 1 is 0.710 bits per heavy atom. The molecular weight excluding hydrogens is 882 g/mol. The zero-order chi connectivity index (χ0) is 44.4. The lowest BCUT2D eigenvalue weighted by molar-refractivity contribution is -0.0621. The van der Waals surface area contributed by atoms with Crippen molar-refractivity contribution in [2.75, 3.05) is 31.3 Å². The molecule has 8 heterocycles. The van der Waals surface area contributed by atoms with Crippen molar-refractivity contribution in [3.63, 3.8) is 0 Å². The number of aliphatic hydroxyl groups excluding tert-OH is 5. The number of ether oxygens (including phenoxy) is 3. The molecule has 3 fully saturated rings. The van der Waals surface area contributed by atoms with Crippen molar-refractivity contribution in [1.82, 2.24) is 48.6 Å². The van der Waals surface area contributed by atoms with Crippen LogP contribution in [0.25, 0.3) is 22.3 Å². The zero-order valence-electron chi connectivity index (χ0n) is 31.1. The molecule has 13 N–H and O–H groups in total. The molecule has 2 unspecified atom stereocenters. The first-order chi connectivity index (χ1) is 29.4. The first-order valence-corrected chi connectivity index (χ1v) is 20.9. The predicted molar refractivity (Wildman–Crippen MR) is 198 cm³/mol. The summed E-state index contributed by atoms with van der Waals surface area (Å²) in [6, 6.07) is 0.927. The van der Waals surface area contributed by atoms with Crippen molar-refractivity contribution < 1.29 is 76.8 Å². The van der Waals surface area contributed by atoms with E-state index in [0.29, 0.717) is 0 Å². The fraction of sp³-hybridized carbons (Fsp3) is 0.517. The highest BCUT2D eigenvalue weighted by Gasteiger charge is 2.53. The standard InChI is InChI=1S/C29H36N12O19P2/c30-21-13-22(33-6-32-21)40(7-34-13)25-16(45)15(44)10(57-25)4-54-61(50,51)60-20-11(58-27(18(20)47)41-8-35-14-23(41)37-28(31)38-24(14)48)5-55-62(52,53)59-19-9(3-42)56-26(17(19)46)39-2-1-12(43)36-29(39)49/h1-2,6-11,15-20,25-27,42,44-47H,3-5H2,(H,50,51)(H,52,53)(H2,30,32,33)(H,36,43,49)(H3,31,37,38,48)/t9-,10-,11-,15-,16-,17-,18-,19-,20-,25-,26-,27-/m1/s1.